The molecule has 10 heteroatoms. The van der Waals surface area contributed by atoms with Crippen LogP contribution in [0.15, 0.2) is 54.6 Å². The van der Waals surface area contributed by atoms with E-state index in [1.807, 2.05) is 0 Å². The smallest absolute Gasteiger partial charge is 0.283 e. The first-order valence-electron chi connectivity index (χ1n) is 7.89. The maximum atomic E-state index is 13.0. The van der Waals surface area contributed by atoms with E-state index in [0.29, 0.717) is 5.02 Å². The maximum absolute atomic E-state index is 13.0. The van der Waals surface area contributed by atoms with Crippen LogP contribution in [0, 0.1) is 0 Å². The number of halogens is 4. The summed E-state index contributed by atoms with van der Waals surface area (Å²) in [6.07, 6.45) is 0. The Morgan fingerprint density at radius 2 is 1.31 bits per heavy atom. The van der Waals surface area contributed by atoms with Crippen LogP contribution in [0.5, 0.6) is 11.5 Å². The summed E-state index contributed by atoms with van der Waals surface area (Å²) in [7, 11) is -5.03. The molecule has 0 radical (unpaired) electrons. The number of phenols is 2. The highest BCUT2D eigenvalue weighted by atomic mass is 35.5. The molecular weight excluding hydrogens is 482 g/mol. The number of benzene rings is 3. The summed E-state index contributed by atoms with van der Waals surface area (Å²) >= 11 is 24.4. The lowest BCUT2D eigenvalue weighted by molar-refractivity contribution is 0.455. The van der Waals surface area contributed by atoms with Gasteiger partial charge in [0.15, 0.2) is 4.75 Å². The zero-order chi connectivity index (χ0) is 21.6. The second-order valence-corrected chi connectivity index (χ2v) is 9.33. The van der Waals surface area contributed by atoms with Crippen LogP contribution in [0.2, 0.25) is 20.1 Å². The van der Waals surface area contributed by atoms with Crippen molar-refractivity contribution in [2.24, 2.45) is 0 Å². The van der Waals surface area contributed by atoms with Gasteiger partial charge in [-0.2, -0.15) is 8.42 Å². The molecule has 0 bridgehead atoms. The molecule has 3 aromatic carbocycles. The third-order valence-corrected chi connectivity index (χ3v) is 7.01. The topological polar surface area (TPSA) is 94.8 Å². The van der Waals surface area contributed by atoms with Crippen molar-refractivity contribution in [1.82, 2.24) is 0 Å². The standard InChI is InChI=1S/C19H12Cl4O5S/c20-11-3-1-10(2-4-11)19(29(26,27)28,13-6-5-12(24)7-15(13)21)14-8-18(25)17(23)9-16(14)22/h1-9,24-25H,(H,26,27,28). The molecule has 0 amide bonds. The Hall–Kier alpha value is -1.67. The molecule has 5 nitrogen and oxygen atoms in total. The Balaban J connectivity index is 2.58. The van der Waals surface area contributed by atoms with Crippen molar-refractivity contribution in [2.45, 2.75) is 4.75 Å². The van der Waals surface area contributed by atoms with Crippen LogP contribution in [0.25, 0.3) is 0 Å². The third-order valence-electron chi connectivity index (χ3n) is 4.39. The highest BCUT2D eigenvalue weighted by Crippen LogP contribution is 2.50. The van der Waals surface area contributed by atoms with Crippen molar-refractivity contribution in [3.05, 3.63) is 91.4 Å². The van der Waals surface area contributed by atoms with Gasteiger partial charge in [-0.1, -0.05) is 64.6 Å². The van der Waals surface area contributed by atoms with Crippen molar-refractivity contribution in [1.29, 1.82) is 0 Å². The molecule has 1 atom stereocenters. The number of hydrogen-bond donors (Lipinski definition) is 3. The molecule has 0 spiro atoms. The normalized spacial score (nSPS) is 13.8. The van der Waals surface area contributed by atoms with Gasteiger partial charge in [0.2, 0.25) is 0 Å². The van der Waals surface area contributed by atoms with Crippen molar-refractivity contribution in [3.63, 3.8) is 0 Å². The molecule has 0 aliphatic heterocycles. The van der Waals surface area contributed by atoms with E-state index in [1.54, 1.807) is 0 Å². The number of aromatic hydroxyl groups is 2. The van der Waals surface area contributed by atoms with Gasteiger partial charge in [0, 0.05) is 26.2 Å². The fourth-order valence-corrected chi connectivity index (χ4v) is 5.58. The average Bonchev–Trinajstić information content (AvgIpc) is 2.61. The molecule has 152 valence electrons. The molecule has 0 aliphatic rings. The van der Waals surface area contributed by atoms with Gasteiger partial charge < -0.3 is 10.2 Å². The first-order chi connectivity index (χ1) is 13.5. The van der Waals surface area contributed by atoms with E-state index in [-0.39, 0.29) is 37.5 Å². The molecule has 0 aliphatic carbocycles. The Bertz CT molecular complexity index is 1200. The van der Waals surface area contributed by atoms with Gasteiger partial charge in [-0.3, -0.25) is 4.55 Å². The average molecular weight is 494 g/mol. The van der Waals surface area contributed by atoms with Crippen molar-refractivity contribution in [2.75, 3.05) is 0 Å². The van der Waals surface area contributed by atoms with Crippen molar-refractivity contribution >= 4 is 56.5 Å². The van der Waals surface area contributed by atoms with Gasteiger partial charge in [0.1, 0.15) is 11.5 Å². The molecule has 3 N–H and O–H groups in total. The second kappa shape index (κ2) is 7.87. The number of hydrogen-bond acceptors (Lipinski definition) is 4. The van der Waals surface area contributed by atoms with Gasteiger partial charge in [0.05, 0.1) is 5.02 Å². The van der Waals surface area contributed by atoms with Gasteiger partial charge in [-0.25, -0.2) is 0 Å². The summed E-state index contributed by atoms with van der Waals surface area (Å²) in [5.41, 5.74) is -0.260. The minimum atomic E-state index is -5.03. The van der Waals surface area contributed by atoms with Crippen LogP contribution in [-0.2, 0) is 14.9 Å². The van der Waals surface area contributed by atoms with E-state index in [9.17, 15) is 23.2 Å². The van der Waals surface area contributed by atoms with Crippen LogP contribution in [0.1, 0.15) is 16.7 Å². The highest BCUT2D eigenvalue weighted by molar-refractivity contribution is 7.87. The van der Waals surface area contributed by atoms with Gasteiger partial charge in [-0.05, 0) is 42.0 Å². The van der Waals surface area contributed by atoms with Crippen molar-refractivity contribution in [3.8, 4) is 11.5 Å². The van der Waals surface area contributed by atoms with Crippen molar-refractivity contribution < 1.29 is 23.2 Å². The van der Waals surface area contributed by atoms with Crippen LogP contribution in [0.4, 0.5) is 0 Å². The first kappa shape index (κ1) is 22.0. The van der Waals surface area contributed by atoms with Gasteiger partial charge in [-0.15, -0.1) is 0 Å². The lowest BCUT2D eigenvalue weighted by Gasteiger charge is -2.34. The van der Waals surface area contributed by atoms with Crippen LogP contribution in [0.3, 0.4) is 0 Å². The molecule has 0 aromatic heterocycles. The predicted molar refractivity (Wildman–Crippen MR) is 114 cm³/mol. The fraction of sp³-hybridized carbons (Fsp3) is 0.0526. The Labute approximate surface area is 186 Å². The number of rotatable bonds is 4. The second-order valence-electron chi connectivity index (χ2n) is 6.11. The first-order valence-corrected chi connectivity index (χ1v) is 10.8. The Morgan fingerprint density at radius 1 is 0.724 bits per heavy atom. The summed E-state index contributed by atoms with van der Waals surface area (Å²) in [6.45, 7) is 0. The molecule has 3 rings (SSSR count). The quantitative estimate of drug-likeness (QED) is 0.311. The Morgan fingerprint density at radius 3 is 1.86 bits per heavy atom. The molecule has 3 aromatic rings. The monoisotopic (exact) mass is 492 g/mol. The Kier molecular flexibility index (Phi) is 5.98. The van der Waals surface area contributed by atoms with Crippen LogP contribution >= 0.6 is 46.4 Å². The largest absolute Gasteiger partial charge is 0.508 e. The molecule has 0 fully saturated rings. The summed E-state index contributed by atoms with van der Waals surface area (Å²) in [5, 5.41) is 19.8. The summed E-state index contributed by atoms with van der Waals surface area (Å²) < 4.78 is 34.0. The summed E-state index contributed by atoms with van der Waals surface area (Å²) in [6, 6.07) is 11.4. The zero-order valence-electron chi connectivity index (χ0n) is 14.3. The fourth-order valence-electron chi connectivity index (χ4n) is 3.16. The minimum Gasteiger partial charge on any atom is -0.508 e. The molecular formula is C19H12Cl4O5S. The molecule has 0 saturated heterocycles. The maximum Gasteiger partial charge on any atom is 0.283 e. The molecule has 29 heavy (non-hydrogen) atoms. The van der Waals surface area contributed by atoms with E-state index in [0.717, 1.165) is 18.2 Å². The van der Waals surface area contributed by atoms with E-state index in [4.69, 9.17) is 46.4 Å². The molecule has 1 unspecified atom stereocenters. The van der Waals surface area contributed by atoms with E-state index >= 15 is 0 Å². The van der Waals surface area contributed by atoms with Crippen LogP contribution in [-0.4, -0.2) is 23.2 Å². The minimum absolute atomic E-state index is 0.0422. The summed E-state index contributed by atoms with van der Waals surface area (Å²) in [5.74, 6) is -0.674. The highest BCUT2D eigenvalue weighted by Gasteiger charge is 2.51. The van der Waals surface area contributed by atoms with Gasteiger partial charge >= 0.3 is 0 Å². The third kappa shape index (κ3) is 3.77. The lowest BCUT2D eigenvalue weighted by atomic mass is 9.83. The van der Waals surface area contributed by atoms with Gasteiger partial charge in [0.25, 0.3) is 10.1 Å². The van der Waals surface area contributed by atoms with E-state index < -0.39 is 20.6 Å². The number of phenolic OH excluding ortho intramolecular Hbond substituents is 2. The summed E-state index contributed by atoms with van der Waals surface area (Å²) in [4.78, 5) is 0. The van der Waals surface area contributed by atoms with E-state index in [2.05, 4.69) is 0 Å². The zero-order valence-corrected chi connectivity index (χ0v) is 18.1. The lowest BCUT2D eigenvalue weighted by Crippen LogP contribution is -2.38. The SMILES string of the molecule is O=S(=O)(O)C(c1ccc(Cl)cc1)(c1ccc(O)cc1Cl)c1cc(O)c(Cl)cc1Cl. The van der Waals surface area contributed by atoms with E-state index in [1.165, 1.54) is 36.4 Å². The molecule has 0 heterocycles. The van der Waals surface area contributed by atoms with Crippen LogP contribution < -0.4 is 0 Å². The molecule has 0 saturated carbocycles. The predicted octanol–water partition coefficient (Wildman–Crippen LogP) is 5.89.